The smallest absolute Gasteiger partial charge is 0.0508 e. The number of hydrogen-bond donors (Lipinski definition) is 1. The Morgan fingerprint density at radius 2 is 2.06 bits per heavy atom. The molecule has 1 heteroatoms. The summed E-state index contributed by atoms with van der Waals surface area (Å²) in [6, 6.07) is 9.43. The highest BCUT2D eigenvalue weighted by Gasteiger charge is 2.18. The number of hydrogen-bond acceptors (Lipinski definition) is 1. The summed E-state index contributed by atoms with van der Waals surface area (Å²) in [7, 11) is 0. The van der Waals surface area contributed by atoms with E-state index in [1.807, 2.05) is 6.08 Å². The standard InChI is InChI=1S/C16H21N/c1-4-16(17-12(2)3)15-11-7-9-13-8-5-6-10-14(13)15/h4-6,8,10-12,16-17H,1,7,9H2,2-3H3. The first-order valence-electron chi connectivity index (χ1n) is 6.39. The summed E-state index contributed by atoms with van der Waals surface area (Å²) >= 11 is 0. The summed E-state index contributed by atoms with van der Waals surface area (Å²) in [5, 5.41) is 3.55. The van der Waals surface area contributed by atoms with E-state index in [0.29, 0.717) is 6.04 Å². The highest BCUT2D eigenvalue weighted by Crippen LogP contribution is 2.29. The first kappa shape index (κ1) is 12.1. The van der Waals surface area contributed by atoms with Crippen LogP contribution in [0.5, 0.6) is 0 Å². The van der Waals surface area contributed by atoms with E-state index >= 15 is 0 Å². The van der Waals surface area contributed by atoms with Crippen LogP contribution in [-0.2, 0) is 6.42 Å². The Kier molecular flexibility index (Phi) is 3.80. The van der Waals surface area contributed by atoms with Gasteiger partial charge in [-0.15, -0.1) is 6.58 Å². The van der Waals surface area contributed by atoms with E-state index < -0.39 is 0 Å². The molecular formula is C16H21N. The van der Waals surface area contributed by atoms with Crippen molar-refractivity contribution in [2.45, 2.75) is 38.8 Å². The number of fused-ring (bicyclic) bond motifs is 1. The maximum atomic E-state index is 3.96. The van der Waals surface area contributed by atoms with Gasteiger partial charge in [0.2, 0.25) is 0 Å². The van der Waals surface area contributed by atoms with Gasteiger partial charge in [-0.05, 0) is 43.4 Å². The summed E-state index contributed by atoms with van der Waals surface area (Å²) in [6.45, 7) is 8.30. The van der Waals surface area contributed by atoms with Crippen LogP contribution >= 0.6 is 0 Å². The van der Waals surface area contributed by atoms with Crippen LogP contribution in [0.4, 0.5) is 0 Å². The van der Waals surface area contributed by atoms with E-state index in [1.165, 1.54) is 16.7 Å². The summed E-state index contributed by atoms with van der Waals surface area (Å²) in [5.74, 6) is 0. The second kappa shape index (κ2) is 5.33. The second-order valence-electron chi connectivity index (χ2n) is 4.89. The van der Waals surface area contributed by atoms with Gasteiger partial charge in [0.1, 0.15) is 0 Å². The molecule has 0 saturated heterocycles. The molecule has 1 N–H and O–H groups in total. The summed E-state index contributed by atoms with van der Waals surface area (Å²) in [6.07, 6.45) is 6.65. The SMILES string of the molecule is C=CC(NC(C)C)C1=CCCc2ccccc21. The lowest BCUT2D eigenvalue weighted by molar-refractivity contribution is 0.583. The molecule has 90 valence electrons. The third kappa shape index (κ3) is 2.67. The van der Waals surface area contributed by atoms with Gasteiger partial charge in [0.05, 0.1) is 6.04 Å². The van der Waals surface area contributed by atoms with Crippen molar-refractivity contribution in [3.8, 4) is 0 Å². The predicted octanol–water partition coefficient (Wildman–Crippen LogP) is 3.57. The van der Waals surface area contributed by atoms with E-state index in [4.69, 9.17) is 0 Å². The zero-order chi connectivity index (χ0) is 12.3. The van der Waals surface area contributed by atoms with E-state index in [9.17, 15) is 0 Å². The van der Waals surface area contributed by atoms with Crippen molar-refractivity contribution in [3.63, 3.8) is 0 Å². The van der Waals surface area contributed by atoms with Gasteiger partial charge < -0.3 is 5.32 Å². The van der Waals surface area contributed by atoms with Crippen LogP contribution in [0.1, 0.15) is 31.4 Å². The fourth-order valence-corrected chi connectivity index (χ4v) is 2.45. The van der Waals surface area contributed by atoms with Gasteiger partial charge in [0.25, 0.3) is 0 Å². The number of aryl methyl sites for hydroxylation is 1. The topological polar surface area (TPSA) is 12.0 Å². The quantitative estimate of drug-likeness (QED) is 0.775. The molecule has 0 saturated carbocycles. The van der Waals surface area contributed by atoms with Crippen molar-refractivity contribution in [1.29, 1.82) is 0 Å². The minimum absolute atomic E-state index is 0.261. The lowest BCUT2D eigenvalue weighted by Crippen LogP contribution is -2.34. The van der Waals surface area contributed by atoms with Crippen molar-refractivity contribution >= 4 is 5.57 Å². The van der Waals surface area contributed by atoms with Crippen LogP contribution < -0.4 is 5.32 Å². The molecule has 0 aromatic heterocycles. The molecule has 0 spiro atoms. The van der Waals surface area contributed by atoms with Gasteiger partial charge in [-0.2, -0.15) is 0 Å². The molecule has 1 aliphatic carbocycles. The number of allylic oxidation sites excluding steroid dienone is 1. The Hall–Kier alpha value is -1.34. The minimum Gasteiger partial charge on any atom is -0.305 e. The fraction of sp³-hybridized carbons (Fsp3) is 0.375. The average molecular weight is 227 g/mol. The van der Waals surface area contributed by atoms with Gasteiger partial charge in [0.15, 0.2) is 0 Å². The lowest BCUT2D eigenvalue weighted by atomic mass is 9.87. The molecule has 0 heterocycles. The first-order chi connectivity index (χ1) is 8.22. The highest BCUT2D eigenvalue weighted by molar-refractivity contribution is 5.75. The lowest BCUT2D eigenvalue weighted by Gasteiger charge is -2.25. The average Bonchev–Trinajstić information content (AvgIpc) is 2.35. The van der Waals surface area contributed by atoms with Gasteiger partial charge in [0, 0.05) is 6.04 Å². The molecule has 2 rings (SSSR count). The van der Waals surface area contributed by atoms with Crippen LogP contribution in [0, 0.1) is 0 Å². The number of rotatable bonds is 4. The molecule has 1 nitrogen and oxygen atoms in total. The first-order valence-corrected chi connectivity index (χ1v) is 6.39. The van der Waals surface area contributed by atoms with E-state index in [2.05, 4.69) is 56.1 Å². The van der Waals surface area contributed by atoms with E-state index in [1.54, 1.807) is 0 Å². The third-order valence-electron chi connectivity index (χ3n) is 3.19. The molecule has 0 amide bonds. The molecule has 1 aromatic carbocycles. The maximum absolute atomic E-state index is 3.96. The number of nitrogens with one attached hydrogen (secondary N) is 1. The van der Waals surface area contributed by atoms with Gasteiger partial charge >= 0.3 is 0 Å². The largest absolute Gasteiger partial charge is 0.305 e. The molecule has 1 aliphatic rings. The second-order valence-corrected chi connectivity index (χ2v) is 4.89. The number of benzene rings is 1. The Morgan fingerprint density at radius 3 is 2.76 bits per heavy atom. The monoisotopic (exact) mass is 227 g/mol. The molecule has 0 radical (unpaired) electrons. The van der Waals surface area contributed by atoms with Crippen LogP contribution in [0.25, 0.3) is 5.57 Å². The van der Waals surface area contributed by atoms with Gasteiger partial charge in [-0.1, -0.05) is 36.4 Å². The third-order valence-corrected chi connectivity index (χ3v) is 3.19. The molecular weight excluding hydrogens is 206 g/mol. The van der Waals surface area contributed by atoms with Gasteiger partial charge in [-0.3, -0.25) is 0 Å². The van der Waals surface area contributed by atoms with Gasteiger partial charge in [-0.25, -0.2) is 0 Å². The summed E-state index contributed by atoms with van der Waals surface area (Å²) in [4.78, 5) is 0. The molecule has 0 fully saturated rings. The fourth-order valence-electron chi connectivity index (χ4n) is 2.45. The Morgan fingerprint density at radius 1 is 1.29 bits per heavy atom. The van der Waals surface area contributed by atoms with Crippen LogP contribution in [0.2, 0.25) is 0 Å². The van der Waals surface area contributed by atoms with Crippen molar-refractivity contribution in [2.75, 3.05) is 0 Å². The highest BCUT2D eigenvalue weighted by atomic mass is 14.9. The molecule has 1 unspecified atom stereocenters. The van der Waals surface area contributed by atoms with Crippen molar-refractivity contribution < 1.29 is 0 Å². The van der Waals surface area contributed by atoms with Crippen LogP contribution in [0.3, 0.4) is 0 Å². The Bertz CT molecular complexity index is 429. The zero-order valence-corrected chi connectivity index (χ0v) is 10.7. The minimum atomic E-state index is 0.261. The van der Waals surface area contributed by atoms with Crippen LogP contribution in [0.15, 0.2) is 43.0 Å². The van der Waals surface area contributed by atoms with Crippen molar-refractivity contribution in [2.24, 2.45) is 0 Å². The Labute approximate surface area is 104 Å². The van der Waals surface area contributed by atoms with Crippen molar-refractivity contribution in [1.82, 2.24) is 5.32 Å². The zero-order valence-electron chi connectivity index (χ0n) is 10.7. The summed E-state index contributed by atoms with van der Waals surface area (Å²) in [5.41, 5.74) is 4.23. The molecule has 17 heavy (non-hydrogen) atoms. The normalized spacial score (nSPS) is 16.3. The molecule has 1 atom stereocenters. The van der Waals surface area contributed by atoms with Crippen LogP contribution in [-0.4, -0.2) is 12.1 Å². The Balaban J connectivity index is 2.31. The maximum Gasteiger partial charge on any atom is 0.0508 e. The summed E-state index contributed by atoms with van der Waals surface area (Å²) < 4.78 is 0. The predicted molar refractivity (Wildman–Crippen MR) is 75.0 cm³/mol. The molecule has 1 aromatic rings. The van der Waals surface area contributed by atoms with E-state index in [-0.39, 0.29) is 6.04 Å². The van der Waals surface area contributed by atoms with E-state index in [0.717, 1.165) is 12.8 Å². The van der Waals surface area contributed by atoms with Crippen molar-refractivity contribution in [3.05, 3.63) is 54.1 Å². The molecule has 0 aliphatic heterocycles. The molecule has 0 bridgehead atoms.